The van der Waals surface area contributed by atoms with Gasteiger partial charge in [-0.1, -0.05) is 0 Å². The number of piperazine rings is 1. The van der Waals surface area contributed by atoms with Crippen molar-refractivity contribution in [2.24, 2.45) is 0 Å². The summed E-state index contributed by atoms with van der Waals surface area (Å²) in [5.74, 6) is -1.19. The van der Waals surface area contributed by atoms with E-state index >= 15 is 0 Å². The van der Waals surface area contributed by atoms with Crippen molar-refractivity contribution < 1.29 is 18.3 Å². The largest absolute Gasteiger partial charge is 0.477 e. The van der Waals surface area contributed by atoms with Crippen LogP contribution in [-0.4, -0.2) is 61.4 Å². The van der Waals surface area contributed by atoms with E-state index in [-0.39, 0.29) is 15.8 Å². The highest BCUT2D eigenvalue weighted by Crippen LogP contribution is 2.31. The molecule has 0 spiro atoms. The first-order chi connectivity index (χ1) is 9.25. The van der Waals surface area contributed by atoms with Crippen molar-refractivity contribution >= 4 is 27.3 Å². The Bertz CT molecular complexity index is 623. The average molecular weight is 318 g/mol. The number of likely N-dealkylation sites (N-methyl/N-ethyl adjacent to an activating group) is 1. The van der Waals surface area contributed by atoms with Crippen LogP contribution in [0, 0.1) is 6.92 Å². The van der Waals surface area contributed by atoms with Gasteiger partial charge in [0.2, 0.25) is 10.0 Å². The van der Waals surface area contributed by atoms with Crippen LogP contribution in [0.2, 0.25) is 0 Å². The lowest BCUT2D eigenvalue weighted by atomic mass is 10.2. The van der Waals surface area contributed by atoms with Gasteiger partial charge in [0.1, 0.15) is 9.77 Å². The predicted molar refractivity (Wildman–Crippen MR) is 76.9 cm³/mol. The molecule has 0 bridgehead atoms. The minimum Gasteiger partial charge on any atom is -0.477 e. The fraction of sp³-hybridized carbons (Fsp3) is 0.583. The van der Waals surface area contributed by atoms with Gasteiger partial charge >= 0.3 is 5.97 Å². The third-order valence-electron chi connectivity index (χ3n) is 3.45. The van der Waals surface area contributed by atoms with E-state index in [2.05, 4.69) is 4.90 Å². The van der Waals surface area contributed by atoms with Gasteiger partial charge in [-0.2, -0.15) is 4.31 Å². The van der Waals surface area contributed by atoms with E-state index in [1.54, 1.807) is 12.3 Å². The second-order valence-electron chi connectivity index (χ2n) is 5.11. The highest BCUT2D eigenvalue weighted by Gasteiger charge is 2.37. The van der Waals surface area contributed by atoms with Crippen molar-refractivity contribution in [2.45, 2.75) is 24.8 Å². The monoisotopic (exact) mass is 318 g/mol. The summed E-state index contributed by atoms with van der Waals surface area (Å²) in [5, 5.41) is 10.7. The van der Waals surface area contributed by atoms with Crippen LogP contribution in [0.25, 0.3) is 0 Å². The predicted octanol–water partition coefficient (Wildman–Crippen LogP) is 1.08. The number of carbonyl (C=O) groups is 1. The fourth-order valence-electron chi connectivity index (χ4n) is 2.50. The maximum Gasteiger partial charge on any atom is 0.347 e. The molecule has 1 aliphatic heterocycles. The van der Waals surface area contributed by atoms with Gasteiger partial charge in [0.25, 0.3) is 0 Å². The molecular weight excluding hydrogens is 300 g/mol. The Hall–Kier alpha value is -0.960. The molecule has 0 saturated carbocycles. The number of carboxylic acids is 1. The Kier molecular flexibility index (Phi) is 4.19. The molecule has 0 aliphatic carbocycles. The number of hydrogen-bond donors (Lipinski definition) is 1. The molecule has 6 nitrogen and oxygen atoms in total. The van der Waals surface area contributed by atoms with Crippen LogP contribution >= 0.6 is 11.3 Å². The number of sulfonamides is 1. The standard InChI is InChI=1S/C12H18N2O4S2/c1-8-7-19-10(12(15)16)11(8)20(17,18)14-5-4-13(3)6-9(14)2/h7,9H,4-6H2,1-3H3,(H,15,16). The molecule has 1 atom stereocenters. The maximum absolute atomic E-state index is 12.8. The lowest BCUT2D eigenvalue weighted by molar-refractivity contribution is 0.0697. The first kappa shape index (κ1) is 15.4. The number of thiophene rings is 1. The van der Waals surface area contributed by atoms with Gasteiger partial charge in [-0.15, -0.1) is 11.3 Å². The molecule has 0 radical (unpaired) electrons. The Labute approximate surface area is 122 Å². The van der Waals surface area contributed by atoms with E-state index in [1.165, 1.54) is 4.31 Å². The number of aryl methyl sites for hydroxylation is 1. The Balaban J connectivity index is 2.46. The zero-order valence-corrected chi connectivity index (χ0v) is 13.3. The van der Waals surface area contributed by atoms with Crippen molar-refractivity contribution in [2.75, 3.05) is 26.7 Å². The zero-order chi connectivity index (χ0) is 15.1. The Morgan fingerprint density at radius 3 is 2.65 bits per heavy atom. The molecule has 0 aromatic carbocycles. The fourth-order valence-corrected chi connectivity index (χ4v) is 5.70. The number of rotatable bonds is 3. The van der Waals surface area contributed by atoms with Crippen LogP contribution in [-0.2, 0) is 10.0 Å². The summed E-state index contributed by atoms with van der Waals surface area (Å²) in [7, 11) is -1.82. The summed E-state index contributed by atoms with van der Waals surface area (Å²) in [6.07, 6.45) is 0. The third kappa shape index (κ3) is 2.60. The van der Waals surface area contributed by atoms with E-state index in [0.717, 1.165) is 11.3 Å². The van der Waals surface area contributed by atoms with Gasteiger partial charge in [0, 0.05) is 25.7 Å². The first-order valence-electron chi connectivity index (χ1n) is 6.27. The lowest BCUT2D eigenvalue weighted by Crippen LogP contribution is -2.52. The lowest BCUT2D eigenvalue weighted by Gasteiger charge is -2.37. The van der Waals surface area contributed by atoms with Crippen molar-refractivity contribution in [1.29, 1.82) is 0 Å². The van der Waals surface area contributed by atoms with Crippen molar-refractivity contribution in [3.8, 4) is 0 Å². The van der Waals surface area contributed by atoms with Gasteiger partial charge in [0.05, 0.1) is 0 Å². The van der Waals surface area contributed by atoms with Crippen molar-refractivity contribution in [3.63, 3.8) is 0 Å². The van der Waals surface area contributed by atoms with E-state index in [0.29, 0.717) is 25.2 Å². The van der Waals surface area contributed by atoms with Gasteiger partial charge in [0.15, 0.2) is 0 Å². The van der Waals surface area contributed by atoms with Crippen LogP contribution in [0.4, 0.5) is 0 Å². The topological polar surface area (TPSA) is 77.9 Å². The average Bonchev–Trinajstić information content (AvgIpc) is 2.71. The molecule has 1 N–H and O–H groups in total. The number of nitrogens with zero attached hydrogens (tertiary/aromatic N) is 2. The maximum atomic E-state index is 12.8. The Morgan fingerprint density at radius 1 is 1.45 bits per heavy atom. The van der Waals surface area contributed by atoms with Crippen molar-refractivity contribution in [3.05, 3.63) is 15.8 Å². The minimum atomic E-state index is -3.76. The summed E-state index contributed by atoms with van der Waals surface area (Å²) in [4.78, 5) is 13.1. The summed E-state index contributed by atoms with van der Waals surface area (Å²) in [6, 6.07) is -0.167. The van der Waals surface area contributed by atoms with E-state index in [1.807, 2.05) is 14.0 Å². The Morgan fingerprint density at radius 2 is 2.10 bits per heavy atom. The molecule has 1 unspecified atom stereocenters. The van der Waals surface area contributed by atoms with E-state index in [9.17, 15) is 13.2 Å². The van der Waals surface area contributed by atoms with E-state index < -0.39 is 16.0 Å². The third-order valence-corrected chi connectivity index (χ3v) is 6.87. The molecule has 1 aromatic rings. The molecule has 1 aliphatic rings. The summed E-state index contributed by atoms with van der Waals surface area (Å²) < 4.78 is 26.9. The van der Waals surface area contributed by atoms with Crippen LogP contribution in [0.1, 0.15) is 22.2 Å². The molecule has 2 heterocycles. The first-order valence-corrected chi connectivity index (χ1v) is 8.59. The summed E-state index contributed by atoms with van der Waals surface area (Å²) in [5.41, 5.74) is 0.499. The van der Waals surface area contributed by atoms with Crippen LogP contribution < -0.4 is 0 Å². The summed E-state index contributed by atoms with van der Waals surface area (Å²) in [6.45, 7) is 5.15. The minimum absolute atomic E-state index is 0.0496. The smallest absolute Gasteiger partial charge is 0.347 e. The second kappa shape index (κ2) is 5.44. The zero-order valence-electron chi connectivity index (χ0n) is 11.7. The molecular formula is C12H18N2O4S2. The number of hydrogen-bond acceptors (Lipinski definition) is 5. The van der Waals surface area contributed by atoms with Gasteiger partial charge in [-0.25, -0.2) is 13.2 Å². The molecule has 1 fully saturated rings. The van der Waals surface area contributed by atoms with Crippen molar-refractivity contribution in [1.82, 2.24) is 9.21 Å². The SMILES string of the molecule is Cc1csc(C(=O)O)c1S(=O)(=O)N1CCN(C)CC1C. The van der Waals surface area contributed by atoms with Gasteiger partial charge in [-0.05, 0) is 31.8 Å². The highest BCUT2D eigenvalue weighted by atomic mass is 32.2. The quantitative estimate of drug-likeness (QED) is 0.902. The number of carboxylic acid groups (broad SMARTS) is 1. The molecule has 0 amide bonds. The second-order valence-corrected chi connectivity index (χ2v) is 7.82. The molecule has 1 aromatic heterocycles. The molecule has 2 rings (SSSR count). The van der Waals surface area contributed by atoms with Crippen LogP contribution in [0.15, 0.2) is 10.3 Å². The molecule has 112 valence electrons. The van der Waals surface area contributed by atoms with Crippen LogP contribution in [0.3, 0.4) is 0 Å². The van der Waals surface area contributed by atoms with Gasteiger partial charge in [-0.3, -0.25) is 0 Å². The molecule has 8 heteroatoms. The number of aromatic carboxylic acids is 1. The molecule has 20 heavy (non-hydrogen) atoms. The van der Waals surface area contributed by atoms with E-state index in [4.69, 9.17) is 5.11 Å². The normalized spacial score (nSPS) is 22.1. The summed E-state index contributed by atoms with van der Waals surface area (Å²) >= 11 is 0.961. The van der Waals surface area contributed by atoms with Gasteiger partial charge < -0.3 is 10.0 Å². The molecule has 1 saturated heterocycles. The highest BCUT2D eigenvalue weighted by molar-refractivity contribution is 7.89. The van der Waals surface area contributed by atoms with Crippen LogP contribution in [0.5, 0.6) is 0 Å².